The van der Waals surface area contributed by atoms with Gasteiger partial charge in [-0.3, -0.25) is 19.4 Å². The summed E-state index contributed by atoms with van der Waals surface area (Å²) in [6.45, 7) is 13.5. The van der Waals surface area contributed by atoms with Crippen LogP contribution in [0.2, 0.25) is 0 Å². The molecule has 0 N–H and O–H groups in total. The van der Waals surface area contributed by atoms with Gasteiger partial charge in [-0.25, -0.2) is 0 Å². The van der Waals surface area contributed by atoms with Crippen LogP contribution in [0.5, 0.6) is 0 Å². The Kier molecular flexibility index (Phi) is 77.9. The van der Waals surface area contributed by atoms with Crippen LogP contribution in [0, 0.1) is 0 Å². The Hall–Kier alpha value is -1.15. The third kappa shape index (κ3) is 36.1. The molecule has 1 heterocycles. The molecule has 6 radical (unpaired) electrons. The van der Waals surface area contributed by atoms with Crippen LogP contribution in [0.4, 0.5) is 0 Å². The van der Waals surface area contributed by atoms with Crippen LogP contribution in [0.15, 0.2) is 30.6 Å². The second kappa shape index (κ2) is 44.8. The Morgan fingerprint density at radius 3 is 1.08 bits per heavy atom. The van der Waals surface area contributed by atoms with Crippen LogP contribution < -0.4 is 0 Å². The molecule has 0 atom stereocenters. The van der Waals surface area contributed by atoms with Crippen molar-refractivity contribution in [1.29, 1.82) is 0 Å². The van der Waals surface area contributed by atoms with Crippen LogP contribution in [-0.4, -0.2) is 25.4 Å². The number of rotatable bonds is 0. The predicted molar refractivity (Wildman–Crippen MR) is 41.3 cm³/mol. The molecule has 0 amide bonds. The van der Waals surface area contributed by atoms with Crippen molar-refractivity contribution >= 4 is 20.4 Å². The Morgan fingerprint density at radius 1 is 0.692 bits per heavy atom. The number of carbonyl (C=O) groups excluding carboxylic acids is 3. The van der Waals surface area contributed by atoms with Gasteiger partial charge in [-0.1, -0.05) is 6.07 Å². The Morgan fingerprint density at radius 2 is 1.00 bits per heavy atom. The molecule has 0 saturated carbocycles. The van der Waals surface area contributed by atoms with Gasteiger partial charge in [0.05, 0.1) is 0 Å². The molecule has 4 nitrogen and oxygen atoms in total. The van der Waals surface area contributed by atoms with Gasteiger partial charge in [0.2, 0.25) is 0 Å². The molecule has 0 aliphatic heterocycles. The van der Waals surface area contributed by atoms with Crippen molar-refractivity contribution in [2.45, 2.75) is 0 Å². The fraction of sp³-hybridized carbons (Fsp3) is 0. The third-order valence-electron chi connectivity index (χ3n) is 0.566. The molecule has 0 unspecified atom stereocenters. The maximum absolute atomic E-state index is 7.50. The molecule has 0 spiro atoms. The van der Waals surface area contributed by atoms with E-state index in [9.17, 15) is 0 Å². The molecule has 0 aliphatic rings. The van der Waals surface area contributed by atoms with Crippen molar-refractivity contribution in [3.63, 3.8) is 0 Å². The first kappa shape index (κ1) is 22.6. The van der Waals surface area contributed by atoms with Crippen LogP contribution >= 0.6 is 0 Å². The number of hydrogen-bond donors (Lipinski definition) is 0. The van der Waals surface area contributed by atoms with E-state index in [1.54, 1.807) is 12.4 Å². The summed E-state index contributed by atoms with van der Waals surface area (Å²) in [7, 11) is 0. The van der Waals surface area contributed by atoms with Crippen LogP contribution in [0.1, 0.15) is 0 Å². The molecule has 0 bridgehead atoms. The first-order chi connectivity index (χ1) is 6.00. The summed E-state index contributed by atoms with van der Waals surface area (Å²) in [6.07, 6.45) is 3.50. The van der Waals surface area contributed by atoms with Gasteiger partial charge in [-0.05, 0) is 12.1 Å². The Labute approximate surface area is 91.6 Å². The van der Waals surface area contributed by atoms with Crippen LogP contribution in [0.25, 0.3) is 0 Å². The molecule has 0 fully saturated rings. The van der Waals surface area contributed by atoms with E-state index in [1.165, 1.54) is 0 Å². The maximum atomic E-state index is 7.50. The van der Waals surface area contributed by atoms with Gasteiger partial charge in [0, 0.05) is 33.5 Å². The monoisotopic (exact) mass is 261 g/mol. The Bertz CT molecular complexity index is 120. The van der Waals surface area contributed by atoms with Crippen molar-refractivity contribution in [2.75, 3.05) is 0 Å². The smallest absolute Gasteiger partial charge is 0.281 e. The molecule has 13 heavy (non-hydrogen) atoms. The van der Waals surface area contributed by atoms with Gasteiger partial charge in [-0.15, -0.1) is 0 Å². The SMILES string of the molecule is [C]=O.[C]=O.[C]=O.[Mo].c1ccncc1. The number of aromatic nitrogens is 1. The molecule has 1 aromatic heterocycles. The number of hydrogen-bond acceptors (Lipinski definition) is 4. The summed E-state index contributed by atoms with van der Waals surface area (Å²) >= 11 is 0. The first-order valence-corrected chi connectivity index (χ1v) is 2.46. The van der Waals surface area contributed by atoms with Crippen molar-refractivity contribution in [3.05, 3.63) is 30.6 Å². The van der Waals surface area contributed by atoms with E-state index in [2.05, 4.69) is 25.4 Å². The molecular weight excluding hydrogens is 254 g/mol. The Balaban J connectivity index is -0.0000000508. The summed E-state index contributed by atoms with van der Waals surface area (Å²) in [5.41, 5.74) is 0. The van der Waals surface area contributed by atoms with Crippen LogP contribution in [0.3, 0.4) is 0 Å². The van der Waals surface area contributed by atoms with Gasteiger partial charge in [-0.2, -0.15) is 0 Å². The standard InChI is InChI=1S/C5H5N.3CO.Mo/c1-2-4-6-5-3-1;3*1-2;/h1-5H;;;;. The number of pyridine rings is 1. The zero-order chi connectivity index (χ0) is 10.2. The minimum Gasteiger partial charge on any atom is -0.281 e. The fourth-order valence-corrected chi connectivity index (χ4v) is 0.313. The van der Waals surface area contributed by atoms with Crippen molar-refractivity contribution in [2.24, 2.45) is 0 Å². The van der Waals surface area contributed by atoms with E-state index in [0.717, 1.165) is 0 Å². The quantitative estimate of drug-likeness (QED) is 0.610. The summed E-state index contributed by atoms with van der Waals surface area (Å²) in [5, 5.41) is 0. The zero-order valence-corrected chi connectivity index (χ0v) is 8.47. The molecule has 0 saturated heterocycles. The minimum absolute atomic E-state index is 0. The second-order valence-corrected chi connectivity index (χ2v) is 1.02. The van der Waals surface area contributed by atoms with E-state index in [4.69, 9.17) is 14.4 Å². The summed E-state index contributed by atoms with van der Waals surface area (Å²) in [4.78, 5) is 26.3. The van der Waals surface area contributed by atoms with E-state index >= 15 is 0 Å². The van der Waals surface area contributed by atoms with Gasteiger partial charge in [0.15, 0.2) is 0 Å². The fourth-order valence-electron chi connectivity index (χ4n) is 0.313. The summed E-state index contributed by atoms with van der Waals surface area (Å²) < 4.78 is 0. The van der Waals surface area contributed by atoms with E-state index in [0.29, 0.717) is 0 Å². The topological polar surface area (TPSA) is 64.1 Å². The predicted octanol–water partition coefficient (Wildman–Crippen LogP) is -0.112. The second-order valence-electron chi connectivity index (χ2n) is 1.02. The molecule has 66 valence electrons. The summed E-state index contributed by atoms with van der Waals surface area (Å²) in [5.74, 6) is 0. The van der Waals surface area contributed by atoms with Gasteiger partial charge < -0.3 is 0 Å². The molecule has 1 aromatic rings. The first-order valence-electron chi connectivity index (χ1n) is 2.46. The molecule has 5 heteroatoms. The minimum atomic E-state index is 0. The van der Waals surface area contributed by atoms with Gasteiger partial charge in [0.25, 0.3) is 20.4 Å². The average molecular weight is 259 g/mol. The molecular formula is C8H5MoNO3. The van der Waals surface area contributed by atoms with Gasteiger partial charge in [0.1, 0.15) is 0 Å². The molecule has 0 aromatic carbocycles. The van der Waals surface area contributed by atoms with Crippen molar-refractivity contribution < 1.29 is 35.4 Å². The normalized spacial score (nSPS) is 4.62. The average Bonchev–Trinajstić information content (AvgIpc) is 2.29. The third-order valence-corrected chi connectivity index (χ3v) is 0.566. The largest absolute Gasteiger partial charge is 0.281 e. The van der Waals surface area contributed by atoms with Gasteiger partial charge >= 0.3 is 0 Å². The van der Waals surface area contributed by atoms with Crippen LogP contribution in [-0.2, 0) is 35.4 Å². The van der Waals surface area contributed by atoms with E-state index < -0.39 is 0 Å². The van der Waals surface area contributed by atoms with E-state index in [1.807, 2.05) is 18.2 Å². The maximum Gasteiger partial charge on any atom is 0.281 e. The molecule has 1 rings (SSSR count). The summed E-state index contributed by atoms with van der Waals surface area (Å²) in [6, 6.07) is 5.72. The van der Waals surface area contributed by atoms with Crippen molar-refractivity contribution in [1.82, 2.24) is 4.98 Å². The number of nitrogens with zero attached hydrogens (tertiary/aromatic N) is 1. The van der Waals surface area contributed by atoms with E-state index in [-0.39, 0.29) is 21.1 Å². The van der Waals surface area contributed by atoms with Crippen molar-refractivity contribution in [3.8, 4) is 0 Å². The molecule has 0 aliphatic carbocycles. The zero-order valence-electron chi connectivity index (χ0n) is 6.47.